The first-order valence-electron chi connectivity index (χ1n) is 8.99. The number of amides is 1. The van der Waals surface area contributed by atoms with Crippen molar-refractivity contribution in [3.8, 4) is 11.5 Å². The van der Waals surface area contributed by atoms with Crippen molar-refractivity contribution in [3.63, 3.8) is 0 Å². The van der Waals surface area contributed by atoms with Crippen molar-refractivity contribution in [1.82, 2.24) is 10.2 Å². The van der Waals surface area contributed by atoms with Crippen LogP contribution in [0, 0.1) is 0 Å². The molecule has 0 saturated carbocycles. The molecule has 3 rings (SSSR count). The lowest BCUT2D eigenvalue weighted by Gasteiger charge is -2.15. The minimum atomic E-state index is -0.735. The molecule has 0 atom stereocenters. The van der Waals surface area contributed by atoms with Gasteiger partial charge >= 0.3 is 5.97 Å². The zero-order valence-electron chi connectivity index (χ0n) is 16.1. The van der Waals surface area contributed by atoms with Crippen LogP contribution in [0.4, 0.5) is 11.5 Å². The quantitative estimate of drug-likeness (QED) is 0.681. The fraction of sp³-hybridized carbons (Fsp3) is 0.368. The Hall–Kier alpha value is -3.07. The number of carbonyl (C=O) groups excluding carboxylic acids is 2. The molecule has 2 heterocycles. The Morgan fingerprint density at radius 1 is 1.10 bits per heavy atom. The highest BCUT2D eigenvalue weighted by Crippen LogP contribution is 2.35. The molecule has 1 aromatic heterocycles. The van der Waals surface area contributed by atoms with E-state index in [4.69, 9.17) is 25.8 Å². The van der Waals surface area contributed by atoms with Crippen molar-refractivity contribution >= 4 is 35.0 Å². The second kappa shape index (κ2) is 9.42. The van der Waals surface area contributed by atoms with Gasteiger partial charge in [0.05, 0.1) is 24.9 Å². The maximum absolute atomic E-state index is 12.2. The average Bonchev–Trinajstić information content (AvgIpc) is 3.28. The van der Waals surface area contributed by atoms with Gasteiger partial charge in [-0.15, -0.1) is 10.2 Å². The lowest BCUT2D eigenvalue weighted by atomic mass is 10.2. The third-order valence-corrected chi connectivity index (χ3v) is 4.67. The number of aromatic nitrogens is 2. The molecule has 1 N–H and O–H groups in total. The molecular weight excluding hydrogens is 400 g/mol. The van der Waals surface area contributed by atoms with Gasteiger partial charge in [0.2, 0.25) is 0 Å². The zero-order valence-corrected chi connectivity index (χ0v) is 16.9. The van der Waals surface area contributed by atoms with E-state index in [-0.39, 0.29) is 5.69 Å². The Kier molecular flexibility index (Phi) is 6.71. The van der Waals surface area contributed by atoms with Gasteiger partial charge in [-0.25, -0.2) is 4.79 Å². The summed E-state index contributed by atoms with van der Waals surface area (Å²) in [5.74, 6) is 0.150. The monoisotopic (exact) mass is 420 g/mol. The van der Waals surface area contributed by atoms with Gasteiger partial charge in [0.15, 0.2) is 18.1 Å². The summed E-state index contributed by atoms with van der Waals surface area (Å²) in [6.07, 6.45) is 2.23. The van der Waals surface area contributed by atoms with E-state index in [1.165, 1.54) is 32.4 Å². The maximum atomic E-state index is 12.2. The van der Waals surface area contributed by atoms with E-state index >= 15 is 0 Å². The number of anilines is 2. The second-order valence-electron chi connectivity index (χ2n) is 6.28. The first kappa shape index (κ1) is 20.7. The lowest BCUT2D eigenvalue weighted by molar-refractivity contribution is -0.119. The van der Waals surface area contributed by atoms with Crippen LogP contribution < -0.4 is 19.7 Å². The number of carbonyl (C=O) groups is 2. The molecule has 9 nitrogen and oxygen atoms in total. The SMILES string of the molecule is COc1cc(NC(=O)COC(=O)c2ccc(N3CCCC3)nn2)c(OC)cc1Cl. The van der Waals surface area contributed by atoms with Gasteiger partial charge in [-0.1, -0.05) is 11.6 Å². The first-order valence-corrected chi connectivity index (χ1v) is 9.36. The largest absolute Gasteiger partial charge is 0.495 e. The van der Waals surface area contributed by atoms with Gasteiger partial charge in [-0.3, -0.25) is 4.79 Å². The van der Waals surface area contributed by atoms with Crippen LogP contribution in [-0.4, -0.2) is 56.0 Å². The first-order chi connectivity index (χ1) is 14.0. The molecule has 0 unspecified atom stereocenters. The van der Waals surface area contributed by atoms with Crippen molar-refractivity contribution < 1.29 is 23.8 Å². The predicted octanol–water partition coefficient (Wildman–Crippen LogP) is 2.54. The van der Waals surface area contributed by atoms with Crippen LogP contribution in [0.1, 0.15) is 23.3 Å². The number of hydrogen-bond donors (Lipinski definition) is 1. The Morgan fingerprint density at radius 2 is 1.83 bits per heavy atom. The van der Waals surface area contributed by atoms with Crippen molar-refractivity contribution in [3.05, 3.63) is 35.0 Å². The van der Waals surface area contributed by atoms with E-state index in [1.54, 1.807) is 6.07 Å². The molecule has 0 radical (unpaired) electrons. The van der Waals surface area contributed by atoms with E-state index in [0.29, 0.717) is 22.2 Å². The second-order valence-corrected chi connectivity index (χ2v) is 6.69. The number of nitrogens with zero attached hydrogens (tertiary/aromatic N) is 3. The highest BCUT2D eigenvalue weighted by molar-refractivity contribution is 6.32. The number of esters is 1. The topological polar surface area (TPSA) is 103 Å². The molecule has 29 heavy (non-hydrogen) atoms. The highest BCUT2D eigenvalue weighted by Gasteiger charge is 2.18. The van der Waals surface area contributed by atoms with E-state index < -0.39 is 18.5 Å². The summed E-state index contributed by atoms with van der Waals surface area (Å²) in [5.41, 5.74) is 0.371. The number of benzene rings is 1. The summed E-state index contributed by atoms with van der Waals surface area (Å²) in [6.45, 7) is 1.36. The molecule has 1 amide bonds. The fourth-order valence-corrected chi connectivity index (χ4v) is 3.13. The number of rotatable bonds is 7. The predicted molar refractivity (Wildman–Crippen MR) is 107 cm³/mol. The van der Waals surface area contributed by atoms with Crippen LogP contribution in [0.3, 0.4) is 0 Å². The molecule has 0 aliphatic carbocycles. The Balaban J connectivity index is 1.57. The normalized spacial score (nSPS) is 13.1. The maximum Gasteiger partial charge on any atom is 0.359 e. The summed E-state index contributed by atoms with van der Waals surface area (Å²) in [4.78, 5) is 26.4. The molecule has 2 aromatic rings. The lowest BCUT2D eigenvalue weighted by Crippen LogP contribution is -2.22. The van der Waals surface area contributed by atoms with Crippen molar-refractivity contribution in [2.24, 2.45) is 0 Å². The summed E-state index contributed by atoms with van der Waals surface area (Å²) in [7, 11) is 2.90. The standard InChI is InChI=1S/C19H21ClN4O5/c1-27-15-10-14(16(28-2)9-12(15)20)21-18(25)11-29-19(26)13-5-6-17(23-22-13)24-7-3-4-8-24/h5-6,9-10H,3-4,7-8,11H2,1-2H3,(H,21,25). The molecule has 154 valence electrons. The van der Waals surface area contributed by atoms with Crippen LogP contribution >= 0.6 is 11.6 Å². The number of ether oxygens (including phenoxy) is 3. The minimum absolute atomic E-state index is 0.0338. The van der Waals surface area contributed by atoms with Gasteiger partial charge in [0, 0.05) is 25.2 Å². The third-order valence-electron chi connectivity index (χ3n) is 4.37. The van der Waals surface area contributed by atoms with Crippen LogP contribution in [-0.2, 0) is 9.53 Å². The summed E-state index contributed by atoms with van der Waals surface area (Å²) < 4.78 is 15.3. The number of nitrogens with one attached hydrogen (secondary N) is 1. The molecule has 1 aliphatic rings. The third kappa shape index (κ3) is 5.05. The van der Waals surface area contributed by atoms with Gasteiger partial charge in [-0.2, -0.15) is 0 Å². The zero-order chi connectivity index (χ0) is 20.8. The molecule has 1 aromatic carbocycles. The van der Waals surface area contributed by atoms with Crippen LogP contribution in [0.5, 0.6) is 11.5 Å². The van der Waals surface area contributed by atoms with Gasteiger partial charge in [-0.05, 0) is 25.0 Å². The van der Waals surface area contributed by atoms with E-state index in [1.807, 2.05) is 0 Å². The molecule has 1 saturated heterocycles. The average molecular weight is 421 g/mol. The number of hydrogen-bond acceptors (Lipinski definition) is 8. The molecule has 0 bridgehead atoms. The Morgan fingerprint density at radius 3 is 2.45 bits per heavy atom. The van der Waals surface area contributed by atoms with Crippen LogP contribution in [0.25, 0.3) is 0 Å². The van der Waals surface area contributed by atoms with Crippen molar-refractivity contribution in [1.29, 1.82) is 0 Å². The molecule has 0 spiro atoms. The van der Waals surface area contributed by atoms with Crippen molar-refractivity contribution in [2.75, 3.05) is 44.1 Å². The molecule has 10 heteroatoms. The smallest absolute Gasteiger partial charge is 0.359 e. The molecular formula is C19H21ClN4O5. The Labute approximate surface area is 172 Å². The van der Waals surface area contributed by atoms with Crippen LogP contribution in [0.15, 0.2) is 24.3 Å². The number of halogens is 1. The van der Waals surface area contributed by atoms with E-state index in [2.05, 4.69) is 20.4 Å². The summed E-state index contributed by atoms with van der Waals surface area (Å²) in [5, 5.41) is 10.9. The summed E-state index contributed by atoms with van der Waals surface area (Å²) >= 11 is 6.04. The van der Waals surface area contributed by atoms with E-state index in [9.17, 15) is 9.59 Å². The Bertz CT molecular complexity index is 885. The van der Waals surface area contributed by atoms with Crippen LogP contribution in [0.2, 0.25) is 5.02 Å². The molecule has 1 fully saturated rings. The van der Waals surface area contributed by atoms with Crippen molar-refractivity contribution in [2.45, 2.75) is 12.8 Å². The highest BCUT2D eigenvalue weighted by atomic mass is 35.5. The van der Waals surface area contributed by atoms with Gasteiger partial charge < -0.3 is 24.4 Å². The summed E-state index contributed by atoms with van der Waals surface area (Å²) in [6, 6.07) is 6.29. The van der Waals surface area contributed by atoms with Gasteiger partial charge in [0.1, 0.15) is 11.5 Å². The number of methoxy groups -OCH3 is 2. The minimum Gasteiger partial charge on any atom is -0.495 e. The van der Waals surface area contributed by atoms with Gasteiger partial charge in [0.25, 0.3) is 5.91 Å². The molecule has 1 aliphatic heterocycles. The van der Waals surface area contributed by atoms with E-state index in [0.717, 1.165) is 31.7 Å². The fourth-order valence-electron chi connectivity index (χ4n) is 2.90.